The van der Waals surface area contributed by atoms with Gasteiger partial charge in [-0.25, -0.2) is 4.31 Å². The summed E-state index contributed by atoms with van der Waals surface area (Å²) in [6, 6.07) is 14.6. The van der Waals surface area contributed by atoms with Crippen molar-refractivity contribution in [1.29, 1.82) is 0 Å². The summed E-state index contributed by atoms with van der Waals surface area (Å²) in [4.78, 5) is 27.7. The van der Waals surface area contributed by atoms with Gasteiger partial charge < -0.3 is 10.2 Å². The van der Waals surface area contributed by atoms with Crippen LogP contribution in [0.2, 0.25) is 5.02 Å². The van der Waals surface area contributed by atoms with Crippen molar-refractivity contribution in [3.8, 4) is 0 Å². The lowest BCUT2D eigenvalue weighted by Gasteiger charge is -2.32. The molecule has 0 saturated carbocycles. The van der Waals surface area contributed by atoms with Crippen LogP contribution in [-0.4, -0.2) is 62.7 Å². The number of carbonyl (C=O) groups is 2. The number of nitrogens with one attached hydrogen (secondary N) is 1. The minimum atomic E-state index is -3.97. The number of nitrogens with zero attached hydrogens (tertiary/aromatic N) is 3. The van der Waals surface area contributed by atoms with Crippen LogP contribution < -0.4 is 9.62 Å². The predicted octanol–water partition coefficient (Wildman–Crippen LogP) is 3.29. The Bertz CT molecular complexity index is 1060. The number of unbranched alkanes of at least 4 members (excludes halogenated alkanes) is 1. The number of rotatable bonds is 12. The molecule has 2 rings (SSSR count). The molecule has 0 spiro atoms. The summed E-state index contributed by atoms with van der Waals surface area (Å²) >= 11 is 6.12. The number of carbonyl (C=O) groups excluding carboxylic acids is 2. The molecule has 0 heterocycles. The van der Waals surface area contributed by atoms with Gasteiger partial charge in [-0.15, -0.1) is 0 Å². The number of anilines is 1. The molecule has 0 bridgehead atoms. The van der Waals surface area contributed by atoms with Gasteiger partial charge in [-0.3, -0.25) is 9.59 Å². The first-order valence-electron chi connectivity index (χ1n) is 11.1. The van der Waals surface area contributed by atoms with E-state index in [0.717, 1.165) is 27.0 Å². The molecule has 0 aliphatic carbocycles. The first kappa shape index (κ1) is 27.6. The van der Waals surface area contributed by atoms with Crippen molar-refractivity contribution in [2.75, 3.05) is 31.5 Å². The van der Waals surface area contributed by atoms with Gasteiger partial charge in [0.2, 0.25) is 11.8 Å². The highest BCUT2D eigenvalue weighted by molar-refractivity contribution is 7.90. The smallest absolute Gasteiger partial charge is 0.304 e. The molecule has 0 unspecified atom stereocenters. The van der Waals surface area contributed by atoms with E-state index in [0.29, 0.717) is 17.3 Å². The molecule has 1 N–H and O–H groups in total. The van der Waals surface area contributed by atoms with Crippen molar-refractivity contribution in [2.45, 2.75) is 39.3 Å². The Kier molecular flexibility index (Phi) is 10.3. The Labute approximate surface area is 207 Å². The van der Waals surface area contributed by atoms with Crippen LogP contribution in [0.15, 0.2) is 54.6 Å². The first-order chi connectivity index (χ1) is 16.1. The van der Waals surface area contributed by atoms with Crippen LogP contribution in [0.5, 0.6) is 0 Å². The topological polar surface area (TPSA) is 90.0 Å². The molecule has 2 aromatic carbocycles. The van der Waals surface area contributed by atoms with Crippen LogP contribution >= 0.6 is 11.6 Å². The van der Waals surface area contributed by atoms with Crippen molar-refractivity contribution >= 4 is 39.3 Å². The van der Waals surface area contributed by atoms with Gasteiger partial charge in [0.05, 0.1) is 5.69 Å². The van der Waals surface area contributed by atoms with Gasteiger partial charge in [-0.05, 0) is 43.2 Å². The third kappa shape index (κ3) is 7.44. The van der Waals surface area contributed by atoms with Gasteiger partial charge in [0.25, 0.3) is 0 Å². The summed E-state index contributed by atoms with van der Waals surface area (Å²) < 4.78 is 28.2. The zero-order valence-electron chi connectivity index (χ0n) is 20.1. The van der Waals surface area contributed by atoms with Crippen molar-refractivity contribution in [3.05, 3.63) is 65.2 Å². The molecule has 1 atom stereocenters. The Morgan fingerprint density at radius 1 is 1.06 bits per heavy atom. The van der Waals surface area contributed by atoms with E-state index >= 15 is 0 Å². The standard InChI is InChI=1S/C24H33ClN4O4S/c1-5-6-15-26-24(31)19(2)28(17-20-11-10-12-21(25)16-20)23(30)18-29(34(32,33)27(3)4)22-13-8-7-9-14-22/h7-14,16,19H,5-6,15,17-18H2,1-4H3,(H,26,31)/t19-/m0/s1. The van der Waals surface area contributed by atoms with E-state index in [1.54, 1.807) is 61.5 Å². The Balaban J connectivity index is 2.38. The molecule has 0 fully saturated rings. The van der Waals surface area contributed by atoms with E-state index in [9.17, 15) is 18.0 Å². The maximum atomic E-state index is 13.5. The summed E-state index contributed by atoms with van der Waals surface area (Å²) in [5.41, 5.74) is 1.09. The lowest BCUT2D eigenvalue weighted by atomic mass is 10.1. The molecule has 0 radical (unpaired) electrons. The number of para-hydroxylation sites is 1. The van der Waals surface area contributed by atoms with Crippen LogP contribution in [0.1, 0.15) is 32.3 Å². The second-order valence-electron chi connectivity index (χ2n) is 8.10. The van der Waals surface area contributed by atoms with Gasteiger partial charge in [0.1, 0.15) is 12.6 Å². The molecular formula is C24H33ClN4O4S. The van der Waals surface area contributed by atoms with Crippen molar-refractivity contribution in [1.82, 2.24) is 14.5 Å². The molecule has 2 aromatic rings. The van der Waals surface area contributed by atoms with Crippen LogP contribution in [-0.2, 0) is 26.3 Å². The first-order valence-corrected chi connectivity index (χ1v) is 12.9. The fourth-order valence-electron chi connectivity index (χ4n) is 3.26. The second-order valence-corrected chi connectivity index (χ2v) is 10.6. The van der Waals surface area contributed by atoms with Crippen LogP contribution in [0.3, 0.4) is 0 Å². The lowest BCUT2D eigenvalue weighted by Crippen LogP contribution is -2.52. The SMILES string of the molecule is CCCCNC(=O)[C@H](C)N(Cc1cccc(Cl)c1)C(=O)CN(c1ccccc1)S(=O)(=O)N(C)C. The molecule has 10 heteroatoms. The van der Waals surface area contributed by atoms with Crippen molar-refractivity contribution < 1.29 is 18.0 Å². The van der Waals surface area contributed by atoms with Gasteiger partial charge in [0.15, 0.2) is 0 Å². The maximum Gasteiger partial charge on any atom is 0.304 e. The summed E-state index contributed by atoms with van der Waals surface area (Å²) in [6.07, 6.45) is 1.75. The molecule has 0 saturated heterocycles. The molecule has 34 heavy (non-hydrogen) atoms. The van der Waals surface area contributed by atoms with Crippen molar-refractivity contribution in [3.63, 3.8) is 0 Å². The number of amides is 2. The minimum absolute atomic E-state index is 0.104. The Hall–Kier alpha value is -2.62. The van der Waals surface area contributed by atoms with E-state index in [-0.39, 0.29) is 12.5 Å². The van der Waals surface area contributed by atoms with Gasteiger partial charge >= 0.3 is 10.2 Å². The quantitative estimate of drug-likeness (QED) is 0.445. The summed E-state index contributed by atoms with van der Waals surface area (Å²) in [6.45, 7) is 3.80. The maximum absolute atomic E-state index is 13.5. The second kappa shape index (κ2) is 12.7. The molecule has 0 aromatic heterocycles. The monoisotopic (exact) mass is 508 g/mol. The van der Waals surface area contributed by atoms with Gasteiger partial charge in [-0.1, -0.05) is 55.3 Å². The number of hydrogen-bond donors (Lipinski definition) is 1. The van der Waals surface area contributed by atoms with E-state index in [4.69, 9.17) is 11.6 Å². The molecular weight excluding hydrogens is 476 g/mol. The zero-order chi connectivity index (χ0) is 25.3. The van der Waals surface area contributed by atoms with E-state index in [2.05, 4.69) is 5.32 Å². The average molecular weight is 509 g/mol. The summed E-state index contributed by atoms with van der Waals surface area (Å²) in [5.74, 6) is -0.807. The van der Waals surface area contributed by atoms with Crippen molar-refractivity contribution in [2.24, 2.45) is 0 Å². The van der Waals surface area contributed by atoms with Gasteiger partial charge in [0, 0.05) is 32.2 Å². The fourth-order valence-corrected chi connectivity index (χ4v) is 4.53. The van der Waals surface area contributed by atoms with Crippen LogP contribution in [0.4, 0.5) is 5.69 Å². The number of halogens is 1. The third-order valence-corrected chi connectivity index (χ3v) is 7.36. The minimum Gasteiger partial charge on any atom is -0.354 e. The normalized spacial score (nSPS) is 12.3. The van der Waals surface area contributed by atoms with Gasteiger partial charge in [-0.2, -0.15) is 12.7 Å². The Morgan fingerprint density at radius 2 is 1.74 bits per heavy atom. The molecule has 0 aliphatic rings. The highest BCUT2D eigenvalue weighted by Crippen LogP contribution is 2.21. The van der Waals surface area contributed by atoms with Crippen LogP contribution in [0, 0.1) is 0 Å². The summed E-state index contributed by atoms with van der Waals surface area (Å²) in [7, 11) is -1.15. The van der Waals surface area contributed by atoms with E-state index in [1.165, 1.54) is 19.0 Å². The van der Waals surface area contributed by atoms with E-state index in [1.807, 2.05) is 6.92 Å². The number of benzene rings is 2. The van der Waals surface area contributed by atoms with Crippen LogP contribution in [0.25, 0.3) is 0 Å². The molecule has 186 valence electrons. The highest BCUT2D eigenvalue weighted by atomic mass is 35.5. The largest absolute Gasteiger partial charge is 0.354 e. The van der Waals surface area contributed by atoms with E-state index < -0.39 is 28.7 Å². The molecule has 8 nitrogen and oxygen atoms in total. The molecule has 0 aliphatic heterocycles. The lowest BCUT2D eigenvalue weighted by molar-refractivity contribution is -0.139. The third-order valence-electron chi connectivity index (χ3n) is 5.30. The fraction of sp³-hybridized carbons (Fsp3) is 0.417. The zero-order valence-corrected chi connectivity index (χ0v) is 21.6. The summed E-state index contributed by atoms with van der Waals surface area (Å²) in [5, 5.41) is 3.36. The average Bonchev–Trinajstić information content (AvgIpc) is 2.80. The predicted molar refractivity (Wildman–Crippen MR) is 136 cm³/mol. The highest BCUT2D eigenvalue weighted by Gasteiger charge is 2.32. The molecule has 2 amide bonds. The number of hydrogen-bond acceptors (Lipinski definition) is 4. The Morgan fingerprint density at radius 3 is 2.32 bits per heavy atom.